The van der Waals surface area contributed by atoms with Gasteiger partial charge in [-0.1, -0.05) is 5.16 Å². The van der Waals surface area contributed by atoms with Crippen LogP contribution in [0.5, 0.6) is 0 Å². The first kappa shape index (κ1) is 8.64. The van der Waals surface area contributed by atoms with Crippen LogP contribution in [0.4, 0.5) is 0 Å². The van der Waals surface area contributed by atoms with E-state index in [1.165, 1.54) is 0 Å². The largest absolute Gasteiger partial charge is 0.395 e. The van der Waals surface area contributed by atoms with Crippen molar-refractivity contribution in [3.8, 4) is 0 Å². The molecule has 1 saturated carbocycles. The monoisotopic (exact) mass is 199 g/mol. The lowest BCUT2D eigenvalue weighted by atomic mass is 10.1. The van der Waals surface area contributed by atoms with Crippen LogP contribution < -0.4 is 0 Å². The minimum absolute atomic E-state index is 0.0406. The molecule has 0 aromatic rings. The third-order valence-corrected chi connectivity index (χ3v) is 2.97. The second-order valence-electron chi connectivity index (χ2n) is 4.43. The van der Waals surface area contributed by atoms with Gasteiger partial charge in [-0.15, -0.1) is 0 Å². The summed E-state index contributed by atoms with van der Waals surface area (Å²) in [4.78, 5) is 4.95. The molecule has 0 aromatic carbocycles. The zero-order valence-electron chi connectivity index (χ0n) is 8.14. The minimum Gasteiger partial charge on any atom is -0.395 e. The van der Waals surface area contributed by atoms with E-state index in [4.69, 9.17) is 14.3 Å². The number of hydrogen-bond donors (Lipinski definition) is 1. The highest BCUT2D eigenvalue weighted by Crippen LogP contribution is 2.41. The molecule has 1 aliphatic carbocycles. The molecule has 0 aromatic heterocycles. The molecule has 0 spiro atoms. The third-order valence-electron chi connectivity index (χ3n) is 2.97. The molecule has 0 amide bonds. The summed E-state index contributed by atoms with van der Waals surface area (Å²) in [6.07, 6.45) is -1.06. The molecule has 0 unspecified atom stereocenters. The van der Waals surface area contributed by atoms with Gasteiger partial charge >= 0.3 is 0 Å². The van der Waals surface area contributed by atoms with Crippen molar-refractivity contribution < 1.29 is 19.4 Å². The van der Waals surface area contributed by atoms with Gasteiger partial charge in [-0.05, 0) is 13.8 Å². The summed E-state index contributed by atoms with van der Waals surface area (Å²) in [6, 6.07) is 0. The van der Waals surface area contributed by atoms with Gasteiger partial charge in [0.05, 0.1) is 17.7 Å². The van der Waals surface area contributed by atoms with Gasteiger partial charge in [-0.2, -0.15) is 0 Å². The predicted molar refractivity (Wildman–Crippen MR) is 46.7 cm³/mol. The van der Waals surface area contributed by atoms with Gasteiger partial charge in [0.25, 0.3) is 0 Å². The SMILES string of the molecule is CC1(C)O[C@@H]2[C@@H](O)[C@H]3CON=C3[C@@H]2O1. The Kier molecular flexibility index (Phi) is 1.53. The summed E-state index contributed by atoms with van der Waals surface area (Å²) in [6.45, 7) is 4.11. The van der Waals surface area contributed by atoms with Crippen LogP contribution in [0.2, 0.25) is 0 Å². The summed E-state index contributed by atoms with van der Waals surface area (Å²) in [7, 11) is 0. The normalized spacial score (nSPS) is 48.4. The first-order valence-electron chi connectivity index (χ1n) is 4.82. The Morgan fingerprint density at radius 2 is 2.21 bits per heavy atom. The first-order valence-corrected chi connectivity index (χ1v) is 4.82. The molecule has 2 fully saturated rings. The lowest BCUT2D eigenvalue weighted by Gasteiger charge is -2.21. The fourth-order valence-electron chi connectivity index (χ4n) is 2.38. The van der Waals surface area contributed by atoms with Crippen molar-refractivity contribution >= 4 is 5.71 Å². The molecule has 14 heavy (non-hydrogen) atoms. The molecule has 5 heteroatoms. The third kappa shape index (κ3) is 0.973. The number of ether oxygens (including phenoxy) is 2. The second-order valence-corrected chi connectivity index (χ2v) is 4.43. The van der Waals surface area contributed by atoms with Crippen molar-refractivity contribution in [1.82, 2.24) is 0 Å². The molecule has 3 aliphatic rings. The molecule has 4 atom stereocenters. The van der Waals surface area contributed by atoms with Crippen molar-refractivity contribution in [3.63, 3.8) is 0 Å². The van der Waals surface area contributed by atoms with Gasteiger partial charge in [-0.3, -0.25) is 0 Å². The van der Waals surface area contributed by atoms with Crippen LogP contribution in [0.25, 0.3) is 0 Å². The van der Waals surface area contributed by atoms with Crippen molar-refractivity contribution in [2.75, 3.05) is 6.61 Å². The Hall–Kier alpha value is -0.650. The second kappa shape index (κ2) is 2.48. The average molecular weight is 199 g/mol. The van der Waals surface area contributed by atoms with Crippen molar-refractivity contribution in [2.45, 2.75) is 37.9 Å². The number of hydrogen-bond acceptors (Lipinski definition) is 5. The van der Waals surface area contributed by atoms with Crippen LogP contribution in [-0.4, -0.2) is 41.5 Å². The highest BCUT2D eigenvalue weighted by atomic mass is 16.8. The van der Waals surface area contributed by atoms with Crippen LogP contribution in [0.1, 0.15) is 13.8 Å². The predicted octanol–water partition coefficient (Wildman–Crippen LogP) is -0.117. The number of nitrogens with zero attached hydrogens (tertiary/aromatic N) is 1. The van der Waals surface area contributed by atoms with E-state index in [2.05, 4.69) is 5.16 Å². The maximum absolute atomic E-state index is 9.94. The lowest BCUT2D eigenvalue weighted by Crippen LogP contribution is -2.33. The number of rotatable bonds is 0. The molecule has 2 heterocycles. The Morgan fingerprint density at radius 3 is 3.00 bits per heavy atom. The molecule has 1 saturated heterocycles. The summed E-state index contributed by atoms with van der Waals surface area (Å²) >= 11 is 0. The quantitative estimate of drug-likeness (QED) is 0.591. The van der Waals surface area contributed by atoms with Crippen molar-refractivity contribution in [1.29, 1.82) is 0 Å². The van der Waals surface area contributed by atoms with E-state index in [9.17, 15) is 5.11 Å². The average Bonchev–Trinajstić information content (AvgIpc) is 2.70. The molecular weight excluding hydrogens is 186 g/mol. The summed E-state index contributed by atoms with van der Waals surface area (Å²) in [5.41, 5.74) is 0.799. The van der Waals surface area contributed by atoms with Gasteiger partial charge in [0.2, 0.25) is 0 Å². The number of fused-ring (bicyclic) bond motifs is 3. The minimum atomic E-state index is -0.633. The summed E-state index contributed by atoms with van der Waals surface area (Å²) in [5, 5.41) is 13.8. The molecule has 0 radical (unpaired) electrons. The maximum Gasteiger partial charge on any atom is 0.164 e. The number of oxime groups is 1. The Balaban J connectivity index is 1.93. The first-order chi connectivity index (χ1) is 6.58. The molecule has 1 N–H and O–H groups in total. The fraction of sp³-hybridized carbons (Fsp3) is 0.889. The fourth-order valence-corrected chi connectivity index (χ4v) is 2.38. The Morgan fingerprint density at radius 1 is 1.43 bits per heavy atom. The van der Waals surface area contributed by atoms with E-state index in [1.807, 2.05) is 13.8 Å². The highest BCUT2D eigenvalue weighted by Gasteiger charge is 2.58. The van der Waals surface area contributed by atoms with E-state index in [0.717, 1.165) is 5.71 Å². The van der Waals surface area contributed by atoms with Crippen LogP contribution in [0, 0.1) is 5.92 Å². The Bertz CT molecular complexity index is 301. The zero-order chi connectivity index (χ0) is 9.92. The van der Waals surface area contributed by atoms with E-state index >= 15 is 0 Å². The lowest BCUT2D eigenvalue weighted by molar-refractivity contribution is -0.158. The standard InChI is InChI=1S/C9H13NO4/c1-9(2)13-7-5-4(3-12-10-5)6(11)8(7)14-9/h4,6-8,11H,3H2,1-2H3/t4-,6-,7-,8+/m0/s1. The molecular formula is C9H13NO4. The van der Waals surface area contributed by atoms with Crippen molar-refractivity contribution in [3.05, 3.63) is 0 Å². The van der Waals surface area contributed by atoms with Crippen LogP contribution >= 0.6 is 0 Å². The van der Waals surface area contributed by atoms with Gasteiger partial charge in [0.15, 0.2) is 5.79 Å². The van der Waals surface area contributed by atoms with Crippen LogP contribution in [-0.2, 0) is 14.3 Å². The van der Waals surface area contributed by atoms with Gasteiger partial charge in [0.1, 0.15) is 18.8 Å². The van der Waals surface area contributed by atoms with Gasteiger partial charge in [0, 0.05) is 0 Å². The molecule has 2 aliphatic heterocycles. The van der Waals surface area contributed by atoms with Crippen molar-refractivity contribution in [2.24, 2.45) is 11.1 Å². The van der Waals surface area contributed by atoms with E-state index in [1.54, 1.807) is 0 Å². The van der Waals surface area contributed by atoms with Gasteiger partial charge < -0.3 is 19.4 Å². The highest BCUT2D eigenvalue weighted by molar-refractivity contribution is 5.95. The molecule has 78 valence electrons. The molecule has 0 bridgehead atoms. The zero-order valence-corrected chi connectivity index (χ0v) is 8.14. The number of aliphatic hydroxyl groups excluding tert-OH is 1. The molecule has 3 rings (SSSR count). The summed E-state index contributed by atoms with van der Waals surface area (Å²) in [5.74, 6) is -0.673. The van der Waals surface area contributed by atoms with Crippen LogP contribution in [0.3, 0.4) is 0 Å². The van der Waals surface area contributed by atoms with Crippen LogP contribution in [0.15, 0.2) is 5.16 Å². The van der Waals surface area contributed by atoms with E-state index in [0.29, 0.717) is 6.61 Å². The number of aliphatic hydroxyl groups is 1. The van der Waals surface area contributed by atoms with E-state index < -0.39 is 11.9 Å². The van der Waals surface area contributed by atoms with Gasteiger partial charge in [-0.25, -0.2) is 0 Å². The summed E-state index contributed by atoms with van der Waals surface area (Å²) < 4.78 is 11.3. The maximum atomic E-state index is 9.94. The van der Waals surface area contributed by atoms with E-state index in [-0.39, 0.29) is 18.1 Å². The Labute approximate surface area is 81.6 Å². The molecule has 5 nitrogen and oxygen atoms in total. The smallest absolute Gasteiger partial charge is 0.164 e. The topological polar surface area (TPSA) is 60.3 Å².